The van der Waals surface area contributed by atoms with E-state index in [1.807, 2.05) is 0 Å². The molecule has 1 unspecified atom stereocenters. The quantitative estimate of drug-likeness (QED) is 0.866. The number of nitrogens with one attached hydrogen (secondary N) is 2. The summed E-state index contributed by atoms with van der Waals surface area (Å²) in [7, 11) is 0. The Hall–Kier alpha value is -1.30. The summed E-state index contributed by atoms with van der Waals surface area (Å²) in [5.41, 5.74) is 0.638. The molecule has 23 heavy (non-hydrogen) atoms. The lowest BCUT2D eigenvalue weighted by Crippen LogP contribution is -2.34. The van der Waals surface area contributed by atoms with E-state index in [1.165, 1.54) is 0 Å². The van der Waals surface area contributed by atoms with Crippen LogP contribution in [0.2, 0.25) is 5.02 Å². The first-order valence-corrected chi connectivity index (χ1v) is 8.66. The minimum Gasteiger partial charge on any atom is -0.489 e. The van der Waals surface area contributed by atoms with Crippen LogP contribution < -0.4 is 15.4 Å². The zero-order valence-corrected chi connectivity index (χ0v) is 13.9. The summed E-state index contributed by atoms with van der Waals surface area (Å²) in [6, 6.07) is 5.31. The minimum absolute atomic E-state index is 0.0377. The molecular weight excluding hydrogens is 316 g/mol. The Bertz CT molecular complexity index is 541. The molecule has 6 heteroatoms. The maximum atomic E-state index is 12.4. The molecule has 0 aliphatic carbocycles. The van der Waals surface area contributed by atoms with Crippen LogP contribution in [0.3, 0.4) is 0 Å². The molecule has 1 aromatic rings. The number of amides is 1. The largest absolute Gasteiger partial charge is 0.489 e. The van der Waals surface area contributed by atoms with Gasteiger partial charge in [-0.05, 0) is 57.0 Å². The number of benzene rings is 1. The Labute approximate surface area is 141 Å². The standard InChI is InChI=1S/C17H23ClN2O3/c18-13-3-4-16(23-11-14-2-1-9-22-14)15(10-13)20-17(21)12-5-7-19-8-6-12/h3-4,10,12,14,19H,1-2,5-9,11H2,(H,20,21). The Morgan fingerprint density at radius 3 is 2.91 bits per heavy atom. The van der Waals surface area contributed by atoms with E-state index >= 15 is 0 Å². The number of carbonyl (C=O) groups is 1. The molecular formula is C17H23ClN2O3. The Balaban J connectivity index is 1.64. The van der Waals surface area contributed by atoms with Gasteiger partial charge in [0.15, 0.2) is 0 Å². The third-order valence-electron chi connectivity index (χ3n) is 4.36. The number of ether oxygens (including phenoxy) is 2. The first kappa shape index (κ1) is 16.6. The maximum Gasteiger partial charge on any atom is 0.227 e. The molecule has 0 radical (unpaired) electrons. The molecule has 2 aliphatic rings. The summed E-state index contributed by atoms with van der Waals surface area (Å²) in [6.07, 6.45) is 3.95. The molecule has 0 spiro atoms. The van der Waals surface area contributed by atoms with Crippen LogP contribution in [0.5, 0.6) is 5.75 Å². The fourth-order valence-corrected chi connectivity index (χ4v) is 3.18. The van der Waals surface area contributed by atoms with Crippen molar-refractivity contribution in [2.75, 3.05) is 31.6 Å². The molecule has 3 rings (SSSR count). The highest BCUT2D eigenvalue weighted by molar-refractivity contribution is 6.31. The second-order valence-electron chi connectivity index (χ2n) is 6.10. The van der Waals surface area contributed by atoms with E-state index in [1.54, 1.807) is 18.2 Å². The normalized spacial score (nSPS) is 22.0. The maximum absolute atomic E-state index is 12.4. The molecule has 2 heterocycles. The predicted octanol–water partition coefficient (Wildman–Crippen LogP) is 2.84. The average Bonchev–Trinajstić information content (AvgIpc) is 3.08. The molecule has 0 bridgehead atoms. The van der Waals surface area contributed by atoms with Crippen molar-refractivity contribution in [3.8, 4) is 5.75 Å². The fourth-order valence-electron chi connectivity index (χ4n) is 3.00. The van der Waals surface area contributed by atoms with Crippen LogP contribution in [-0.2, 0) is 9.53 Å². The Morgan fingerprint density at radius 1 is 1.35 bits per heavy atom. The van der Waals surface area contributed by atoms with Crippen LogP contribution in [0.15, 0.2) is 18.2 Å². The number of hydrogen-bond acceptors (Lipinski definition) is 4. The summed E-state index contributed by atoms with van der Waals surface area (Å²) in [4.78, 5) is 12.4. The third kappa shape index (κ3) is 4.59. The van der Waals surface area contributed by atoms with Crippen molar-refractivity contribution in [1.29, 1.82) is 0 Å². The number of rotatable bonds is 5. The van der Waals surface area contributed by atoms with Gasteiger partial charge in [0.2, 0.25) is 5.91 Å². The second-order valence-corrected chi connectivity index (χ2v) is 6.54. The molecule has 2 aliphatic heterocycles. The predicted molar refractivity (Wildman–Crippen MR) is 90.1 cm³/mol. The molecule has 2 fully saturated rings. The molecule has 5 nitrogen and oxygen atoms in total. The van der Waals surface area contributed by atoms with E-state index in [0.717, 1.165) is 45.4 Å². The molecule has 0 aromatic heterocycles. The van der Waals surface area contributed by atoms with Gasteiger partial charge in [-0.25, -0.2) is 0 Å². The van der Waals surface area contributed by atoms with Crippen LogP contribution >= 0.6 is 11.6 Å². The minimum atomic E-state index is 0.0377. The van der Waals surface area contributed by atoms with Gasteiger partial charge in [-0.1, -0.05) is 11.6 Å². The number of anilines is 1. The molecule has 1 aromatic carbocycles. The second kappa shape index (κ2) is 7.99. The number of halogens is 1. The van der Waals surface area contributed by atoms with Gasteiger partial charge < -0.3 is 20.1 Å². The summed E-state index contributed by atoms with van der Waals surface area (Å²) in [5, 5.41) is 6.82. The van der Waals surface area contributed by atoms with Crippen LogP contribution in [0, 0.1) is 5.92 Å². The van der Waals surface area contributed by atoms with Crippen LogP contribution in [0.1, 0.15) is 25.7 Å². The van der Waals surface area contributed by atoms with Gasteiger partial charge in [-0.3, -0.25) is 4.79 Å². The molecule has 0 saturated carbocycles. The molecule has 1 amide bonds. The summed E-state index contributed by atoms with van der Waals surface area (Å²) >= 11 is 6.07. The van der Waals surface area contributed by atoms with E-state index in [4.69, 9.17) is 21.1 Å². The molecule has 126 valence electrons. The first-order chi connectivity index (χ1) is 11.2. The third-order valence-corrected chi connectivity index (χ3v) is 4.59. The van der Waals surface area contributed by atoms with E-state index in [-0.39, 0.29) is 17.9 Å². The fraction of sp³-hybridized carbons (Fsp3) is 0.588. The lowest BCUT2D eigenvalue weighted by Gasteiger charge is -2.22. The van der Waals surface area contributed by atoms with Gasteiger partial charge in [-0.15, -0.1) is 0 Å². The van der Waals surface area contributed by atoms with Crippen molar-refractivity contribution in [2.24, 2.45) is 5.92 Å². The highest BCUT2D eigenvalue weighted by atomic mass is 35.5. The zero-order chi connectivity index (χ0) is 16.1. The van der Waals surface area contributed by atoms with Crippen molar-refractivity contribution in [3.05, 3.63) is 23.2 Å². The first-order valence-electron chi connectivity index (χ1n) is 8.28. The van der Waals surface area contributed by atoms with Crippen molar-refractivity contribution >= 4 is 23.2 Å². The highest BCUT2D eigenvalue weighted by Gasteiger charge is 2.22. The van der Waals surface area contributed by atoms with Gasteiger partial charge >= 0.3 is 0 Å². The number of carbonyl (C=O) groups excluding carboxylic acids is 1. The highest BCUT2D eigenvalue weighted by Crippen LogP contribution is 2.30. The van der Waals surface area contributed by atoms with Gasteiger partial charge in [0.05, 0.1) is 11.8 Å². The molecule has 2 N–H and O–H groups in total. The van der Waals surface area contributed by atoms with Crippen molar-refractivity contribution in [3.63, 3.8) is 0 Å². The topological polar surface area (TPSA) is 59.6 Å². The Morgan fingerprint density at radius 2 is 2.17 bits per heavy atom. The van der Waals surface area contributed by atoms with E-state index < -0.39 is 0 Å². The van der Waals surface area contributed by atoms with Crippen molar-refractivity contribution < 1.29 is 14.3 Å². The number of piperidine rings is 1. The lowest BCUT2D eigenvalue weighted by molar-refractivity contribution is -0.120. The smallest absolute Gasteiger partial charge is 0.227 e. The van der Waals surface area contributed by atoms with Gasteiger partial charge in [0.1, 0.15) is 12.4 Å². The van der Waals surface area contributed by atoms with Crippen molar-refractivity contribution in [1.82, 2.24) is 5.32 Å². The van der Waals surface area contributed by atoms with Crippen LogP contribution in [0.4, 0.5) is 5.69 Å². The van der Waals surface area contributed by atoms with Crippen molar-refractivity contribution in [2.45, 2.75) is 31.8 Å². The zero-order valence-electron chi connectivity index (χ0n) is 13.1. The van der Waals surface area contributed by atoms with Crippen LogP contribution in [-0.4, -0.2) is 38.3 Å². The van der Waals surface area contributed by atoms with E-state index in [2.05, 4.69) is 10.6 Å². The lowest BCUT2D eigenvalue weighted by atomic mass is 9.97. The van der Waals surface area contributed by atoms with Gasteiger partial charge in [-0.2, -0.15) is 0 Å². The van der Waals surface area contributed by atoms with Gasteiger partial charge in [0.25, 0.3) is 0 Å². The monoisotopic (exact) mass is 338 g/mol. The Kier molecular flexibility index (Phi) is 5.75. The SMILES string of the molecule is O=C(Nc1cc(Cl)ccc1OCC1CCCO1)C1CCNCC1. The average molecular weight is 339 g/mol. The molecule has 1 atom stereocenters. The summed E-state index contributed by atoms with van der Waals surface area (Å²) in [5.74, 6) is 0.726. The molecule has 2 saturated heterocycles. The van der Waals surface area contributed by atoms with E-state index in [0.29, 0.717) is 23.1 Å². The van der Waals surface area contributed by atoms with E-state index in [9.17, 15) is 4.79 Å². The number of hydrogen-bond donors (Lipinski definition) is 2. The van der Waals surface area contributed by atoms with Gasteiger partial charge in [0, 0.05) is 17.5 Å². The summed E-state index contributed by atoms with van der Waals surface area (Å²) in [6.45, 7) is 3.07. The summed E-state index contributed by atoms with van der Waals surface area (Å²) < 4.78 is 11.4. The van der Waals surface area contributed by atoms with Crippen LogP contribution in [0.25, 0.3) is 0 Å².